The second-order valence-corrected chi connectivity index (χ2v) is 8.71. The number of hydrogen-bond donors (Lipinski definition) is 2. The van der Waals surface area contributed by atoms with Crippen LogP contribution in [0.1, 0.15) is 45.4 Å². The second kappa shape index (κ2) is 5.68. The van der Waals surface area contributed by atoms with Crippen molar-refractivity contribution >= 4 is 11.8 Å². The van der Waals surface area contributed by atoms with Crippen molar-refractivity contribution in [3.63, 3.8) is 0 Å². The summed E-state index contributed by atoms with van der Waals surface area (Å²) in [6.45, 7) is 2.88. The van der Waals surface area contributed by atoms with E-state index in [0.717, 1.165) is 32.1 Å². The quantitative estimate of drug-likeness (QED) is 0.810. The molecule has 5 nitrogen and oxygen atoms in total. The first-order chi connectivity index (χ1) is 11.4. The Hall–Kier alpha value is -1.17. The molecular formula is C18H28FN3O2. The highest BCUT2D eigenvalue weighted by Gasteiger charge is 2.58. The number of rotatable bonds is 4. The van der Waals surface area contributed by atoms with Crippen molar-refractivity contribution in [3.05, 3.63) is 0 Å². The monoisotopic (exact) mass is 337 g/mol. The van der Waals surface area contributed by atoms with Crippen molar-refractivity contribution in [2.45, 2.75) is 63.7 Å². The molecule has 0 radical (unpaired) electrons. The summed E-state index contributed by atoms with van der Waals surface area (Å²) in [6, 6.07) is -0.124. The van der Waals surface area contributed by atoms with Gasteiger partial charge in [0.15, 0.2) is 0 Å². The van der Waals surface area contributed by atoms with Gasteiger partial charge in [0, 0.05) is 24.5 Å². The van der Waals surface area contributed by atoms with Crippen molar-refractivity contribution in [3.8, 4) is 0 Å². The Bertz CT molecular complexity index is 538. The number of nitrogens with two attached hydrogens (primary N) is 1. The van der Waals surface area contributed by atoms with E-state index in [1.807, 2.05) is 11.8 Å². The summed E-state index contributed by atoms with van der Waals surface area (Å²) in [4.78, 5) is 26.6. The van der Waals surface area contributed by atoms with E-state index in [-0.39, 0.29) is 29.3 Å². The molecule has 5 rings (SSSR count). The zero-order valence-corrected chi connectivity index (χ0v) is 14.3. The molecular weight excluding hydrogens is 309 g/mol. The van der Waals surface area contributed by atoms with Crippen LogP contribution in [0, 0.1) is 23.2 Å². The third-order valence-electron chi connectivity index (χ3n) is 7.19. The zero-order valence-electron chi connectivity index (χ0n) is 14.3. The molecule has 0 aromatic heterocycles. The van der Waals surface area contributed by atoms with Crippen LogP contribution in [0.25, 0.3) is 0 Å². The molecule has 4 saturated carbocycles. The molecule has 4 unspecified atom stereocenters. The van der Waals surface area contributed by atoms with E-state index in [1.165, 1.54) is 0 Å². The van der Waals surface area contributed by atoms with Gasteiger partial charge in [-0.3, -0.25) is 14.5 Å². The molecule has 24 heavy (non-hydrogen) atoms. The molecule has 0 aromatic carbocycles. The lowest BCUT2D eigenvalue weighted by Crippen LogP contribution is -2.63. The third-order valence-corrected chi connectivity index (χ3v) is 7.19. The Kier molecular flexibility index (Phi) is 3.86. The number of amides is 2. The summed E-state index contributed by atoms with van der Waals surface area (Å²) >= 11 is 0. The molecule has 2 amide bonds. The smallest absolute Gasteiger partial charge is 0.237 e. The van der Waals surface area contributed by atoms with Gasteiger partial charge in [-0.25, -0.2) is 4.39 Å². The zero-order chi connectivity index (χ0) is 17.1. The largest absolute Gasteiger partial charge is 0.369 e. The maximum absolute atomic E-state index is 13.4. The molecule has 0 spiro atoms. The predicted molar refractivity (Wildman–Crippen MR) is 87.7 cm³/mol. The van der Waals surface area contributed by atoms with Gasteiger partial charge < -0.3 is 11.1 Å². The average Bonchev–Trinajstić information content (AvgIpc) is 2.95. The van der Waals surface area contributed by atoms with E-state index in [2.05, 4.69) is 5.32 Å². The molecule has 4 aliphatic carbocycles. The normalized spacial score (nSPS) is 45.3. The third kappa shape index (κ3) is 2.54. The number of nitrogens with zero attached hydrogens (tertiary/aromatic N) is 1. The summed E-state index contributed by atoms with van der Waals surface area (Å²) in [7, 11) is 0. The maximum atomic E-state index is 13.4. The van der Waals surface area contributed by atoms with Crippen LogP contribution in [0.2, 0.25) is 0 Å². The SMILES string of the molecule is CC(C(=O)NC1C2CC3CC1CC(C(N)=O)(C3)C2)N1CCC(F)C1. The molecule has 134 valence electrons. The Labute approximate surface area is 142 Å². The fourth-order valence-corrected chi connectivity index (χ4v) is 6.11. The molecule has 1 aliphatic heterocycles. The van der Waals surface area contributed by atoms with Crippen molar-refractivity contribution in [1.29, 1.82) is 0 Å². The van der Waals surface area contributed by atoms with Gasteiger partial charge in [0.05, 0.1) is 6.04 Å². The second-order valence-electron chi connectivity index (χ2n) is 8.71. The summed E-state index contributed by atoms with van der Waals surface area (Å²) in [5.41, 5.74) is 5.39. The van der Waals surface area contributed by atoms with Crippen LogP contribution in [0.3, 0.4) is 0 Å². The van der Waals surface area contributed by atoms with Gasteiger partial charge >= 0.3 is 0 Å². The summed E-state index contributed by atoms with van der Waals surface area (Å²) in [6.07, 6.45) is 4.50. The van der Waals surface area contributed by atoms with E-state index < -0.39 is 6.17 Å². The first-order valence-corrected chi connectivity index (χ1v) is 9.36. The van der Waals surface area contributed by atoms with Crippen LogP contribution in [0.15, 0.2) is 0 Å². The molecule has 1 heterocycles. The molecule has 3 N–H and O–H groups in total. The number of primary amides is 1. The van der Waals surface area contributed by atoms with Gasteiger partial charge in [-0.1, -0.05) is 0 Å². The Morgan fingerprint density at radius 2 is 1.92 bits per heavy atom. The van der Waals surface area contributed by atoms with Crippen molar-refractivity contribution in [1.82, 2.24) is 10.2 Å². The number of hydrogen-bond acceptors (Lipinski definition) is 3. The van der Waals surface area contributed by atoms with Crippen molar-refractivity contribution in [2.24, 2.45) is 28.9 Å². The first-order valence-electron chi connectivity index (χ1n) is 9.36. The number of carbonyl (C=O) groups is 2. The maximum Gasteiger partial charge on any atom is 0.237 e. The first kappa shape index (κ1) is 16.3. The highest BCUT2D eigenvalue weighted by molar-refractivity contribution is 5.83. The number of alkyl halides is 1. The fraction of sp³-hybridized carbons (Fsp3) is 0.889. The van der Waals surface area contributed by atoms with Crippen molar-refractivity contribution in [2.75, 3.05) is 13.1 Å². The minimum absolute atomic E-state index is 0.00898. The van der Waals surface area contributed by atoms with Gasteiger partial charge in [-0.05, 0) is 63.2 Å². The predicted octanol–water partition coefficient (Wildman–Crippen LogP) is 1.22. The van der Waals surface area contributed by atoms with Crippen LogP contribution >= 0.6 is 0 Å². The van der Waals surface area contributed by atoms with E-state index in [1.54, 1.807) is 0 Å². The van der Waals surface area contributed by atoms with Crippen LogP contribution in [-0.4, -0.2) is 48.1 Å². The molecule has 4 bridgehead atoms. The highest BCUT2D eigenvalue weighted by Crippen LogP contribution is 2.59. The van der Waals surface area contributed by atoms with Gasteiger partial charge in [-0.2, -0.15) is 0 Å². The van der Waals surface area contributed by atoms with Gasteiger partial charge in [0.2, 0.25) is 11.8 Å². The highest BCUT2D eigenvalue weighted by atomic mass is 19.1. The molecule has 0 aromatic rings. The Morgan fingerprint density at radius 3 is 2.46 bits per heavy atom. The van der Waals surface area contributed by atoms with Crippen LogP contribution in [-0.2, 0) is 9.59 Å². The minimum atomic E-state index is -0.808. The van der Waals surface area contributed by atoms with Crippen molar-refractivity contribution < 1.29 is 14.0 Å². The Balaban J connectivity index is 1.43. The lowest BCUT2D eigenvalue weighted by molar-refractivity contribution is -0.148. The van der Waals surface area contributed by atoms with Crippen LogP contribution < -0.4 is 11.1 Å². The van der Waals surface area contributed by atoms with E-state index >= 15 is 0 Å². The minimum Gasteiger partial charge on any atom is -0.369 e. The van der Waals surface area contributed by atoms with Gasteiger partial charge in [-0.15, -0.1) is 0 Å². The average molecular weight is 337 g/mol. The lowest BCUT2D eigenvalue weighted by Gasteiger charge is -2.59. The van der Waals surface area contributed by atoms with E-state index in [9.17, 15) is 14.0 Å². The number of likely N-dealkylation sites (tertiary alicyclic amines) is 1. The summed E-state index contributed by atoms with van der Waals surface area (Å²) in [5.74, 6) is 1.19. The summed E-state index contributed by atoms with van der Waals surface area (Å²) in [5, 5.41) is 3.25. The molecule has 4 atom stereocenters. The lowest BCUT2D eigenvalue weighted by atomic mass is 9.47. The number of nitrogens with one attached hydrogen (secondary N) is 1. The number of halogens is 1. The van der Waals surface area contributed by atoms with Crippen LogP contribution in [0.4, 0.5) is 4.39 Å². The van der Waals surface area contributed by atoms with Gasteiger partial charge in [0.1, 0.15) is 6.17 Å². The number of carbonyl (C=O) groups excluding carboxylic acids is 2. The van der Waals surface area contributed by atoms with E-state index in [4.69, 9.17) is 5.73 Å². The Morgan fingerprint density at radius 1 is 1.25 bits per heavy atom. The summed E-state index contributed by atoms with van der Waals surface area (Å²) < 4.78 is 13.4. The molecule has 6 heteroatoms. The van der Waals surface area contributed by atoms with E-state index in [0.29, 0.717) is 37.3 Å². The molecule has 5 aliphatic rings. The topological polar surface area (TPSA) is 75.4 Å². The van der Waals surface area contributed by atoms with Gasteiger partial charge in [0.25, 0.3) is 0 Å². The fourth-order valence-electron chi connectivity index (χ4n) is 6.11. The molecule has 5 fully saturated rings. The molecule has 1 saturated heterocycles. The van der Waals surface area contributed by atoms with Crippen LogP contribution in [0.5, 0.6) is 0 Å². The standard InChI is InChI=1S/C18H28FN3O2/c1-10(22-3-2-14(19)9-22)16(23)21-15-12-4-11-5-13(15)8-18(6-11,7-12)17(20)24/h10-15H,2-9H2,1H3,(H2,20,24)(H,21,23).